The molecule has 1 aliphatic rings. The standard InChI is InChI=1S/C19H38N2O2/c1-7-21(18(22)23-19(4,5)6)14-13-20-17-10-8-9-16(11-12-17)15(2)3/h15-17,20H,7-14H2,1-6H3. The molecule has 0 aromatic heterocycles. The lowest BCUT2D eigenvalue weighted by Crippen LogP contribution is -2.42. The topological polar surface area (TPSA) is 41.6 Å². The van der Waals surface area contributed by atoms with Crippen molar-refractivity contribution in [1.82, 2.24) is 10.2 Å². The Labute approximate surface area is 143 Å². The molecule has 4 nitrogen and oxygen atoms in total. The Kier molecular flexibility index (Phi) is 8.38. The molecule has 1 N–H and O–H groups in total. The number of hydrogen-bond donors (Lipinski definition) is 1. The molecule has 0 aliphatic heterocycles. The highest BCUT2D eigenvalue weighted by atomic mass is 16.6. The Morgan fingerprint density at radius 2 is 1.91 bits per heavy atom. The second-order valence-electron chi connectivity index (χ2n) is 8.22. The number of likely N-dealkylation sites (N-methyl/N-ethyl adjacent to an activating group) is 1. The fourth-order valence-electron chi connectivity index (χ4n) is 3.31. The minimum atomic E-state index is -0.426. The fraction of sp³-hybridized carbons (Fsp3) is 0.947. The summed E-state index contributed by atoms with van der Waals surface area (Å²) < 4.78 is 5.45. The average molecular weight is 327 g/mol. The third-order valence-electron chi connectivity index (χ3n) is 4.80. The maximum absolute atomic E-state index is 12.1. The second kappa shape index (κ2) is 9.51. The Balaban J connectivity index is 2.32. The summed E-state index contributed by atoms with van der Waals surface area (Å²) in [7, 11) is 0. The highest BCUT2D eigenvalue weighted by Crippen LogP contribution is 2.28. The molecule has 0 bridgehead atoms. The summed E-state index contributed by atoms with van der Waals surface area (Å²) in [6, 6.07) is 0.607. The van der Waals surface area contributed by atoms with Crippen molar-refractivity contribution in [3.8, 4) is 0 Å². The van der Waals surface area contributed by atoms with Gasteiger partial charge >= 0.3 is 6.09 Å². The number of carbonyl (C=O) groups is 1. The van der Waals surface area contributed by atoms with Crippen LogP contribution in [-0.4, -0.2) is 42.3 Å². The van der Waals surface area contributed by atoms with Gasteiger partial charge in [0.1, 0.15) is 5.60 Å². The van der Waals surface area contributed by atoms with Gasteiger partial charge in [0.05, 0.1) is 0 Å². The quantitative estimate of drug-likeness (QED) is 0.734. The zero-order valence-corrected chi connectivity index (χ0v) is 16.2. The molecular weight excluding hydrogens is 288 g/mol. The summed E-state index contributed by atoms with van der Waals surface area (Å²) in [6.45, 7) is 14.7. The largest absolute Gasteiger partial charge is 0.444 e. The first kappa shape index (κ1) is 20.3. The van der Waals surface area contributed by atoms with Gasteiger partial charge in [-0.2, -0.15) is 0 Å². The monoisotopic (exact) mass is 326 g/mol. The highest BCUT2D eigenvalue weighted by Gasteiger charge is 2.22. The summed E-state index contributed by atoms with van der Waals surface area (Å²) in [5.41, 5.74) is -0.426. The maximum Gasteiger partial charge on any atom is 0.410 e. The third-order valence-corrected chi connectivity index (χ3v) is 4.80. The smallest absolute Gasteiger partial charge is 0.410 e. The van der Waals surface area contributed by atoms with E-state index in [0.29, 0.717) is 12.6 Å². The first-order chi connectivity index (χ1) is 10.7. The van der Waals surface area contributed by atoms with Crippen molar-refractivity contribution in [3.05, 3.63) is 0 Å². The van der Waals surface area contributed by atoms with E-state index in [1.54, 1.807) is 4.90 Å². The van der Waals surface area contributed by atoms with E-state index in [4.69, 9.17) is 4.74 Å². The minimum Gasteiger partial charge on any atom is -0.444 e. The molecule has 1 amide bonds. The van der Waals surface area contributed by atoms with E-state index in [1.165, 1.54) is 32.1 Å². The SMILES string of the molecule is CCN(CCNC1CCCC(C(C)C)CC1)C(=O)OC(C)(C)C. The summed E-state index contributed by atoms with van der Waals surface area (Å²) >= 11 is 0. The summed E-state index contributed by atoms with van der Waals surface area (Å²) in [5.74, 6) is 1.69. The Morgan fingerprint density at radius 1 is 1.22 bits per heavy atom. The molecule has 1 aliphatic carbocycles. The van der Waals surface area contributed by atoms with Crippen LogP contribution in [0.3, 0.4) is 0 Å². The van der Waals surface area contributed by atoms with Crippen molar-refractivity contribution in [2.75, 3.05) is 19.6 Å². The molecule has 0 aromatic carbocycles. The molecule has 2 unspecified atom stereocenters. The molecule has 0 aromatic rings. The van der Waals surface area contributed by atoms with Gasteiger partial charge in [-0.15, -0.1) is 0 Å². The number of rotatable bonds is 6. The fourth-order valence-corrected chi connectivity index (χ4v) is 3.31. The van der Waals surface area contributed by atoms with Crippen molar-refractivity contribution in [2.24, 2.45) is 11.8 Å². The van der Waals surface area contributed by atoms with Crippen molar-refractivity contribution >= 4 is 6.09 Å². The van der Waals surface area contributed by atoms with Crippen LogP contribution in [0.15, 0.2) is 0 Å². The first-order valence-corrected chi connectivity index (χ1v) is 9.44. The van der Waals surface area contributed by atoms with Gasteiger partial charge in [-0.1, -0.05) is 26.7 Å². The number of ether oxygens (including phenoxy) is 1. The van der Waals surface area contributed by atoms with Crippen LogP contribution >= 0.6 is 0 Å². The van der Waals surface area contributed by atoms with Crippen LogP contribution in [0.4, 0.5) is 4.79 Å². The number of amides is 1. The predicted octanol–water partition coefficient (Wildman–Crippen LogP) is 4.44. The van der Waals surface area contributed by atoms with Crippen LogP contribution in [0.25, 0.3) is 0 Å². The van der Waals surface area contributed by atoms with Crippen LogP contribution in [0.2, 0.25) is 0 Å². The molecule has 0 radical (unpaired) electrons. The van der Waals surface area contributed by atoms with Crippen molar-refractivity contribution in [3.63, 3.8) is 0 Å². The van der Waals surface area contributed by atoms with Crippen LogP contribution in [-0.2, 0) is 4.74 Å². The highest BCUT2D eigenvalue weighted by molar-refractivity contribution is 5.68. The molecule has 136 valence electrons. The van der Waals surface area contributed by atoms with Crippen molar-refractivity contribution in [2.45, 2.75) is 85.3 Å². The van der Waals surface area contributed by atoms with E-state index < -0.39 is 5.60 Å². The van der Waals surface area contributed by atoms with Gasteiger partial charge in [0.25, 0.3) is 0 Å². The number of hydrogen-bond acceptors (Lipinski definition) is 3. The molecule has 23 heavy (non-hydrogen) atoms. The summed E-state index contributed by atoms with van der Waals surface area (Å²) in [5, 5.41) is 3.65. The van der Waals surface area contributed by atoms with Gasteiger partial charge in [0.15, 0.2) is 0 Å². The van der Waals surface area contributed by atoms with Crippen molar-refractivity contribution in [1.29, 1.82) is 0 Å². The molecule has 0 saturated heterocycles. The number of nitrogens with zero attached hydrogens (tertiary/aromatic N) is 1. The van der Waals surface area contributed by atoms with E-state index in [9.17, 15) is 4.79 Å². The molecule has 0 spiro atoms. The Hall–Kier alpha value is -0.770. The summed E-state index contributed by atoms with van der Waals surface area (Å²) in [4.78, 5) is 13.9. The zero-order valence-electron chi connectivity index (χ0n) is 16.2. The van der Waals surface area contributed by atoms with Gasteiger partial charge in [0, 0.05) is 25.7 Å². The first-order valence-electron chi connectivity index (χ1n) is 9.44. The van der Waals surface area contributed by atoms with E-state index in [1.807, 2.05) is 27.7 Å². The average Bonchev–Trinajstić information content (AvgIpc) is 2.67. The normalized spacial score (nSPS) is 22.7. The molecule has 1 rings (SSSR count). The van der Waals surface area contributed by atoms with Crippen LogP contribution in [0, 0.1) is 11.8 Å². The molecule has 0 heterocycles. The molecule has 1 fully saturated rings. The van der Waals surface area contributed by atoms with Gasteiger partial charge in [-0.3, -0.25) is 0 Å². The Morgan fingerprint density at radius 3 is 2.48 bits per heavy atom. The third kappa shape index (κ3) is 8.05. The van der Waals surface area contributed by atoms with Crippen LogP contribution < -0.4 is 5.32 Å². The Bertz CT molecular complexity index is 350. The zero-order chi connectivity index (χ0) is 17.5. The molecular formula is C19H38N2O2. The lowest BCUT2D eigenvalue weighted by Gasteiger charge is -2.27. The van der Waals surface area contributed by atoms with Gasteiger partial charge in [-0.25, -0.2) is 4.79 Å². The number of nitrogens with one attached hydrogen (secondary N) is 1. The van der Waals surface area contributed by atoms with Gasteiger partial charge in [-0.05, 0) is 58.8 Å². The van der Waals surface area contributed by atoms with Crippen LogP contribution in [0.5, 0.6) is 0 Å². The van der Waals surface area contributed by atoms with E-state index in [2.05, 4.69) is 19.2 Å². The maximum atomic E-state index is 12.1. The predicted molar refractivity (Wildman–Crippen MR) is 96.7 cm³/mol. The number of carbonyl (C=O) groups excluding carboxylic acids is 1. The lowest BCUT2D eigenvalue weighted by atomic mass is 9.89. The lowest BCUT2D eigenvalue weighted by molar-refractivity contribution is 0.0260. The van der Waals surface area contributed by atoms with E-state index in [0.717, 1.165) is 24.9 Å². The minimum absolute atomic E-state index is 0.206. The van der Waals surface area contributed by atoms with Gasteiger partial charge < -0.3 is 15.0 Å². The molecule has 2 atom stereocenters. The van der Waals surface area contributed by atoms with Gasteiger partial charge in [0.2, 0.25) is 0 Å². The van der Waals surface area contributed by atoms with E-state index >= 15 is 0 Å². The summed E-state index contributed by atoms with van der Waals surface area (Å²) in [6.07, 6.45) is 6.35. The second-order valence-corrected chi connectivity index (χ2v) is 8.22. The molecule has 1 saturated carbocycles. The van der Waals surface area contributed by atoms with Crippen molar-refractivity contribution < 1.29 is 9.53 Å². The van der Waals surface area contributed by atoms with E-state index in [-0.39, 0.29) is 6.09 Å². The van der Waals surface area contributed by atoms with Crippen LogP contribution in [0.1, 0.15) is 73.6 Å². The molecule has 4 heteroatoms.